The first kappa shape index (κ1) is 12.1. The summed E-state index contributed by atoms with van der Waals surface area (Å²) >= 11 is 3.44. The number of anilines is 1. The molecule has 3 nitrogen and oxygen atoms in total. The van der Waals surface area contributed by atoms with Crippen molar-refractivity contribution in [2.45, 2.75) is 20.4 Å². The highest BCUT2D eigenvalue weighted by atomic mass is 79.9. The van der Waals surface area contributed by atoms with Crippen molar-refractivity contribution in [2.75, 3.05) is 5.73 Å². The van der Waals surface area contributed by atoms with E-state index in [-0.39, 0.29) is 5.82 Å². The number of hydrogen-bond donors (Lipinski definition) is 1. The van der Waals surface area contributed by atoms with Crippen LogP contribution < -0.4 is 5.73 Å². The van der Waals surface area contributed by atoms with Crippen molar-refractivity contribution in [3.8, 4) is 0 Å². The number of aromatic nitrogens is 2. The van der Waals surface area contributed by atoms with Gasteiger partial charge in [-0.2, -0.15) is 5.10 Å². The molecule has 0 aliphatic carbocycles. The van der Waals surface area contributed by atoms with E-state index in [1.807, 2.05) is 13.8 Å². The molecule has 5 heteroatoms. The molecule has 0 amide bonds. The topological polar surface area (TPSA) is 43.8 Å². The van der Waals surface area contributed by atoms with E-state index in [4.69, 9.17) is 5.73 Å². The Morgan fingerprint density at radius 1 is 1.41 bits per heavy atom. The van der Waals surface area contributed by atoms with E-state index in [0.717, 1.165) is 15.9 Å². The van der Waals surface area contributed by atoms with Crippen LogP contribution in [0.3, 0.4) is 0 Å². The molecule has 2 aromatic rings. The molecular formula is C12H13BrFN3. The van der Waals surface area contributed by atoms with Crippen LogP contribution in [0.15, 0.2) is 22.7 Å². The van der Waals surface area contributed by atoms with Gasteiger partial charge in [0.2, 0.25) is 0 Å². The molecule has 2 N–H and O–H groups in total. The molecule has 1 aromatic carbocycles. The molecule has 0 aliphatic heterocycles. The van der Waals surface area contributed by atoms with Crippen LogP contribution in [0.5, 0.6) is 0 Å². The zero-order valence-electron chi connectivity index (χ0n) is 9.67. The Morgan fingerprint density at radius 2 is 2.12 bits per heavy atom. The average Bonchev–Trinajstić information content (AvgIpc) is 2.52. The van der Waals surface area contributed by atoms with Gasteiger partial charge < -0.3 is 5.73 Å². The molecular weight excluding hydrogens is 285 g/mol. The second kappa shape index (κ2) is 4.49. The van der Waals surface area contributed by atoms with Gasteiger partial charge in [0, 0.05) is 11.3 Å². The molecule has 1 aromatic heterocycles. The normalized spacial score (nSPS) is 10.8. The van der Waals surface area contributed by atoms with Gasteiger partial charge in [0.1, 0.15) is 5.82 Å². The highest BCUT2D eigenvalue weighted by Crippen LogP contribution is 2.23. The van der Waals surface area contributed by atoms with E-state index in [9.17, 15) is 4.39 Å². The summed E-state index contributed by atoms with van der Waals surface area (Å²) in [6.07, 6.45) is 0. The van der Waals surface area contributed by atoms with Crippen molar-refractivity contribution in [3.63, 3.8) is 0 Å². The van der Waals surface area contributed by atoms with E-state index in [1.54, 1.807) is 16.8 Å². The summed E-state index contributed by atoms with van der Waals surface area (Å²) in [5, 5.41) is 4.33. The SMILES string of the molecule is Cc1nn(Cc2c(N)cccc2F)c(C)c1Br. The third kappa shape index (κ3) is 2.20. The van der Waals surface area contributed by atoms with Gasteiger partial charge in [0.15, 0.2) is 0 Å². The van der Waals surface area contributed by atoms with Crippen molar-refractivity contribution in [2.24, 2.45) is 0 Å². The van der Waals surface area contributed by atoms with Crippen LogP contribution in [0.4, 0.5) is 10.1 Å². The van der Waals surface area contributed by atoms with Crippen LogP contribution in [0.1, 0.15) is 17.0 Å². The third-order valence-corrected chi connectivity index (χ3v) is 3.90. The summed E-state index contributed by atoms with van der Waals surface area (Å²) in [6, 6.07) is 4.71. The van der Waals surface area contributed by atoms with Gasteiger partial charge >= 0.3 is 0 Å². The van der Waals surface area contributed by atoms with Gasteiger partial charge in [-0.1, -0.05) is 6.07 Å². The second-order valence-corrected chi connectivity index (χ2v) is 4.74. The van der Waals surface area contributed by atoms with Crippen LogP contribution in [0.25, 0.3) is 0 Å². The van der Waals surface area contributed by atoms with Crippen LogP contribution in [-0.2, 0) is 6.54 Å². The lowest BCUT2D eigenvalue weighted by Gasteiger charge is -2.08. The first-order valence-corrected chi connectivity index (χ1v) is 6.02. The fourth-order valence-corrected chi connectivity index (χ4v) is 2.00. The van der Waals surface area contributed by atoms with Gasteiger partial charge in [0.25, 0.3) is 0 Å². The predicted molar refractivity (Wildman–Crippen MR) is 69.3 cm³/mol. The third-order valence-electron chi connectivity index (χ3n) is 2.76. The number of benzene rings is 1. The Morgan fingerprint density at radius 3 is 2.65 bits per heavy atom. The molecule has 0 fully saturated rings. The molecule has 17 heavy (non-hydrogen) atoms. The van der Waals surface area contributed by atoms with Crippen molar-refractivity contribution >= 4 is 21.6 Å². The van der Waals surface area contributed by atoms with E-state index in [1.165, 1.54) is 6.07 Å². The Kier molecular flexibility index (Phi) is 3.19. The quantitative estimate of drug-likeness (QED) is 0.866. The highest BCUT2D eigenvalue weighted by molar-refractivity contribution is 9.10. The minimum absolute atomic E-state index is 0.298. The maximum absolute atomic E-state index is 13.6. The van der Waals surface area contributed by atoms with Crippen LogP contribution in [0.2, 0.25) is 0 Å². The number of rotatable bonds is 2. The molecule has 0 saturated carbocycles. The van der Waals surface area contributed by atoms with Gasteiger partial charge in [-0.25, -0.2) is 4.39 Å². The monoisotopic (exact) mass is 297 g/mol. The maximum Gasteiger partial charge on any atom is 0.130 e. The summed E-state index contributed by atoms with van der Waals surface area (Å²) in [5.41, 5.74) is 8.55. The summed E-state index contributed by atoms with van der Waals surface area (Å²) in [4.78, 5) is 0. The Balaban J connectivity index is 2.41. The first-order chi connectivity index (χ1) is 8.00. The van der Waals surface area contributed by atoms with E-state index >= 15 is 0 Å². The largest absolute Gasteiger partial charge is 0.398 e. The second-order valence-electron chi connectivity index (χ2n) is 3.95. The smallest absolute Gasteiger partial charge is 0.130 e. The fraction of sp³-hybridized carbons (Fsp3) is 0.250. The maximum atomic E-state index is 13.6. The van der Waals surface area contributed by atoms with Crippen molar-refractivity contribution < 1.29 is 4.39 Å². The summed E-state index contributed by atoms with van der Waals surface area (Å²) in [7, 11) is 0. The van der Waals surface area contributed by atoms with Crippen LogP contribution in [-0.4, -0.2) is 9.78 Å². The Bertz CT molecular complexity index is 543. The molecule has 0 unspecified atom stereocenters. The zero-order valence-corrected chi connectivity index (χ0v) is 11.3. The molecule has 0 aliphatic rings. The van der Waals surface area contributed by atoms with Crippen LogP contribution in [0, 0.1) is 19.7 Å². The van der Waals surface area contributed by atoms with E-state index < -0.39 is 0 Å². The number of nitrogens with zero attached hydrogens (tertiary/aromatic N) is 2. The number of halogens is 2. The predicted octanol–water partition coefficient (Wildman–Crippen LogP) is 3.03. The van der Waals surface area contributed by atoms with Gasteiger partial charge in [0.05, 0.1) is 22.4 Å². The summed E-state index contributed by atoms with van der Waals surface area (Å²) < 4.78 is 16.3. The van der Waals surface area contributed by atoms with E-state index in [0.29, 0.717) is 17.8 Å². The fourth-order valence-electron chi connectivity index (χ4n) is 1.72. The minimum Gasteiger partial charge on any atom is -0.398 e. The molecule has 0 saturated heterocycles. The van der Waals surface area contributed by atoms with Crippen molar-refractivity contribution in [1.29, 1.82) is 0 Å². The number of aryl methyl sites for hydroxylation is 1. The Hall–Kier alpha value is -1.36. The standard InChI is InChI=1S/C12H13BrFN3/c1-7-12(13)8(2)17(16-7)6-9-10(14)4-3-5-11(9)15/h3-5H,6,15H2,1-2H3. The van der Waals surface area contributed by atoms with Crippen LogP contribution >= 0.6 is 15.9 Å². The molecule has 90 valence electrons. The molecule has 0 atom stereocenters. The average molecular weight is 298 g/mol. The molecule has 0 bridgehead atoms. The molecule has 2 rings (SSSR count). The first-order valence-electron chi connectivity index (χ1n) is 5.23. The lowest BCUT2D eigenvalue weighted by Crippen LogP contribution is -2.08. The van der Waals surface area contributed by atoms with Gasteiger partial charge in [-0.3, -0.25) is 4.68 Å². The summed E-state index contributed by atoms with van der Waals surface area (Å²) in [6.45, 7) is 4.18. The minimum atomic E-state index is -0.298. The molecule has 0 radical (unpaired) electrons. The molecule has 0 spiro atoms. The highest BCUT2D eigenvalue weighted by Gasteiger charge is 2.12. The lowest BCUT2D eigenvalue weighted by molar-refractivity contribution is 0.580. The number of nitrogens with two attached hydrogens (primary N) is 1. The number of nitrogen functional groups attached to an aromatic ring is 1. The number of hydrogen-bond acceptors (Lipinski definition) is 2. The Labute approximate surface area is 108 Å². The van der Waals surface area contributed by atoms with Crippen molar-refractivity contribution in [3.05, 3.63) is 45.4 Å². The summed E-state index contributed by atoms with van der Waals surface area (Å²) in [5.74, 6) is -0.298. The molecule has 1 heterocycles. The van der Waals surface area contributed by atoms with Gasteiger partial charge in [-0.15, -0.1) is 0 Å². The van der Waals surface area contributed by atoms with Crippen molar-refractivity contribution in [1.82, 2.24) is 9.78 Å². The lowest BCUT2D eigenvalue weighted by atomic mass is 10.1. The zero-order chi connectivity index (χ0) is 12.6. The van der Waals surface area contributed by atoms with E-state index in [2.05, 4.69) is 21.0 Å². The van der Waals surface area contributed by atoms with Gasteiger partial charge in [-0.05, 0) is 41.9 Å².